The molecule has 0 atom stereocenters. The maximum absolute atomic E-state index is 12.6. The summed E-state index contributed by atoms with van der Waals surface area (Å²) in [5, 5.41) is 9.87. The Labute approximate surface area is 148 Å². The normalized spacial score (nSPS) is 11.7. The maximum atomic E-state index is 12.6. The van der Waals surface area contributed by atoms with Crippen molar-refractivity contribution in [3.05, 3.63) is 65.0 Å². The molecule has 134 valence electrons. The Morgan fingerprint density at radius 3 is 2.31 bits per heavy atom. The van der Waals surface area contributed by atoms with E-state index in [1.54, 1.807) is 42.5 Å². The van der Waals surface area contributed by atoms with E-state index in [4.69, 9.17) is 10.5 Å². The van der Waals surface area contributed by atoms with Gasteiger partial charge in [0.15, 0.2) is 11.5 Å². The second-order valence-electron chi connectivity index (χ2n) is 5.16. The third kappa shape index (κ3) is 3.22. The number of benzene rings is 2. The number of nitrogens with one attached hydrogen (secondary N) is 1. The van der Waals surface area contributed by atoms with E-state index < -0.39 is 15.6 Å². The molecule has 10 heteroatoms. The van der Waals surface area contributed by atoms with E-state index in [1.165, 1.54) is 19.2 Å². The van der Waals surface area contributed by atoms with Crippen molar-refractivity contribution in [3.63, 3.8) is 0 Å². The molecule has 9 nitrogen and oxygen atoms in total. The van der Waals surface area contributed by atoms with Gasteiger partial charge in [0.05, 0.1) is 17.7 Å². The number of nitrogen functional groups attached to an aromatic ring is 1. The fourth-order valence-electron chi connectivity index (χ4n) is 2.16. The molecule has 2 aromatic carbocycles. The van der Waals surface area contributed by atoms with Gasteiger partial charge in [-0.15, -0.1) is 5.11 Å². The van der Waals surface area contributed by atoms with Gasteiger partial charge < -0.3 is 10.5 Å². The molecule has 0 aliphatic carbocycles. The van der Waals surface area contributed by atoms with E-state index in [9.17, 15) is 13.2 Å². The van der Waals surface area contributed by atoms with Gasteiger partial charge in [-0.25, -0.2) is 5.10 Å². The lowest BCUT2D eigenvalue weighted by atomic mass is 10.3. The number of ether oxygens (including phenoxy) is 1. The molecule has 0 bridgehead atoms. The van der Waals surface area contributed by atoms with Crippen LogP contribution in [0.1, 0.15) is 0 Å². The molecule has 26 heavy (non-hydrogen) atoms. The summed E-state index contributed by atoms with van der Waals surface area (Å²) in [5.41, 5.74) is 5.21. The number of nitrogens with zero attached hydrogens (tertiary/aromatic N) is 3. The smallest absolute Gasteiger partial charge is 0.295 e. The van der Waals surface area contributed by atoms with Crippen LogP contribution in [0.25, 0.3) is 0 Å². The zero-order valence-electron chi connectivity index (χ0n) is 13.7. The molecule has 0 aliphatic heterocycles. The summed E-state index contributed by atoms with van der Waals surface area (Å²) >= 11 is 0. The Balaban J connectivity index is 1.98. The molecule has 1 aromatic heterocycles. The maximum Gasteiger partial charge on any atom is 0.295 e. The molecule has 0 saturated heterocycles. The van der Waals surface area contributed by atoms with E-state index >= 15 is 0 Å². The van der Waals surface area contributed by atoms with Crippen molar-refractivity contribution in [1.29, 1.82) is 0 Å². The monoisotopic (exact) mass is 373 g/mol. The van der Waals surface area contributed by atoms with Gasteiger partial charge in [-0.3, -0.25) is 4.79 Å². The summed E-state index contributed by atoms with van der Waals surface area (Å²) in [6.07, 6.45) is 0. The summed E-state index contributed by atoms with van der Waals surface area (Å²) in [6, 6.07) is 14.2. The number of aromatic nitrogens is 2. The number of anilines is 1. The number of methoxy groups -OCH3 is 1. The minimum absolute atomic E-state index is 0.0170. The van der Waals surface area contributed by atoms with Gasteiger partial charge in [0.2, 0.25) is 0 Å². The van der Waals surface area contributed by atoms with Crippen LogP contribution in [0.15, 0.2) is 74.5 Å². The highest BCUT2D eigenvalue weighted by Gasteiger charge is 2.23. The molecule has 0 unspecified atom stereocenters. The third-order valence-electron chi connectivity index (χ3n) is 3.50. The molecule has 1 heterocycles. The first-order valence-corrected chi connectivity index (χ1v) is 8.84. The Kier molecular flexibility index (Phi) is 4.59. The molecular formula is C16H15N5O4S. The average Bonchev–Trinajstić information content (AvgIpc) is 2.96. The van der Waals surface area contributed by atoms with E-state index in [2.05, 4.69) is 15.3 Å². The van der Waals surface area contributed by atoms with Crippen LogP contribution in [0.5, 0.6) is 5.75 Å². The molecule has 3 rings (SSSR count). The van der Waals surface area contributed by atoms with E-state index in [1.807, 2.05) is 0 Å². The van der Waals surface area contributed by atoms with Crippen LogP contribution < -0.4 is 16.0 Å². The van der Waals surface area contributed by atoms with Crippen LogP contribution in [0.3, 0.4) is 0 Å². The number of hydrogen-bond acceptors (Lipinski definition) is 7. The summed E-state index contributed by atoms with van der Waals surface area (Å²) in [7, 11) is -2.51. The van der Waals surface area contributed by atoms with Gasteiger partial charge in [0.25, 0.3) is 15.6 Å². The summed E-state index contributed by atoms with van der Waals surface area (Å²) in [6.45, 7) is 0. The van der Waals surface area contributed by atoms with Gasteiger partial charge in [0, 0.05) is 0 Å². The lowest BCUT2D eigenvalue weighted by molar-refractivity contribution is 0.415. The predicted molar refractivity (Wildman–Crippen MR) is 95.7 cm³/mol. The molecular weight excluding hydrogens is 358 g/mol. The largest absolute Gasteiger partial charge is 0.497 e. The zero-order chi connectivity index (χ0) is 18.7. The number of azo groups is 1. The van der Waals surface area contributed by atoms with E-state index in [0.717, 1.165) is 0 Å². The summed E-state index contributed by atoms with van der Waals surface area (Å²) in [5.74, 6) is 0.289. The number of rotatable bonds is 5. The van der Waals surface area contributed by atoms with Gasteiger partial charge in [-0.2, -0.15) is 17.6 Å². The van der Waals surface area contributed by atoms with Gasteiger partial charge >= 0.3 is 0 Å². The molecule has 0 fully saturated rings. The summed E-state index contributed by atoms with van der Waals surface area (Å²) < 4.78 is 30.8. The number of hydrogen-bond donors (Lipinski definition) is 2. The van der Waals surface area contributed by atoms with Gasteiger partial charge in [0.1, 0.15) is 5.75 Å². The second-order valence-corrected chi connectivity index (χ2v) is 6.94. The molecule has 0 spiro atoms. The Hall–Kier alpha value is -3.40. The van der Waals surface area contributed by atoms with Crippen LogP contribution in [0.4, 0.5) is 17.2 Å². The average molecular weight is 373 g/mol. The highest BCUT2D eigenvalue weighted by atomic mass is 32.2. The molecule has 0 aliphatic rings. The molecule has 0 saturated carbocycles. The molecule has 0 radical (unpaired) electrons. The minimum atomic E-state index is -4.05. The Morgan fingerprint density at radius 1 is 1.04 bits per heavy atom. The number of aromatic amines is 1. The number of nitrogens with two attached hydrogens (primary N) is 1. The van der Waals surface area contributed by atoms with Crippen molar-refractivity contribution >= 4 is 27.2 Å². The summed E-state index contributed by atoms with van der Waals surface area (Å²) in [4.78, 5) is 12.0. The third-order valence-corrected chi connectivity index (χ3v) is 5.14. The van der Waals surface area contributed by atoms with E-state index in [-0.39, 0.29) is 16.4 Å². The van der Waals surface area contributed by atoms with Crippen LogP contribution in [-0.4, -0.2) is 24.7 Å². The SMILES string of the molecule is COc1ccc(N=Nc2c(N)n(S(=O)(=O)c3ccccc3)[nH]c2=O)cc1. The fraction of sp³-hybridized carbons (Fsp3) is 0.0625. The second kappa shape index (κ2) is 6.84. The van der Waals surface area contributed by atoms with Crippen molar-refractivity contribution in [3.8, 4) is 5.75 Å². The van der Waals surface area contributed by atoms with Crippen molar-refractivity contribution in [2.75, 3.05) is 12.8 Å². The molecule has 3 N–H and O–H groups in total. The van der Waals surface area contributed by atoms with Crippen LogP contribution in [0, 0.1) is 0 Å². The van der Waals surface area contributed by atoms with Crippen molar-refractivity contribution in [2.24, 2.45) is 10.2 Å². The zero-order valence-corrected chi connectivity index (χ0v) is 14.5. The number of H-pyrrole nitrogens is 1. The van der Waals surface area contributed by atoms with Crippen LogP contribution >= 0.6 is 0 Å². The Morgan fingerprint density at radius 2 is 1.69 bits per heavy atom. The topological polar surface area (TPSA) is 132 Å². The van der Waals surface area contributed by atoms with Crippen LogP contribution in [0.2, 0.25) is 0 Å². The predicted octanol–water partition coefficient (Wildman–Crippen LogP) is 2.42. The highest BCUT2D eigenvalue weighted by Crippen LogP contribution is 2.25. The fourth-order valence-corrected chi connectivity index (χ4v) is 3.42. The van der Waals surface area contributed by atoms with Crippen molar-refractivity contribution in [2.45, 2.75) is 4.90 Å². The standard InChI is InChI=1S/C16H15N5O4S/c1-25-12-9-7-11(8-10-12)18-19-14-15(17)21(20-16(14)22)26(23,24)13-5-3-2-4-6-13/h2-10H,17H2,1H3,(H,20,22). The Bertz CT molecular complexity index is 1100. The van der Waals surface area contributed by atoms with Crippen molar-refractivity contribution in [1.82, 2.24) is 9.19 Å². The van der Waals surface area contributed by atoms with Gasteiger partial charge in [-0.1, -0.05) is 18.2 Å². The lowest BCUT2D eigenvalue weighted by Gasteiger charge is -2.06. The molecule has 3 aromatic rings. The van der Waals surface area contributed by atoms with Crippen molar-refractivity contribution < 1.29 is 13.2 Å². The minimum Gasteiger partial charge on any atom is -0.497 e. The van der Waals surface area contributed by atoms with Crippen LogP contribution in [-0.2, 0) is 10.0 Å². The quantitative estimate of drug-likeness (QED) is 0.663. The molecule has 0 amide bonds. The first kappa shape index (κ1) is 17.4. The van der Waals surface area contributed by atoms with E-state index in [0.29, 0.717) is 15.5 Å². The first-order valence-electron chi connectivity index (χ1n) is 7.40. The first-order chi connectivity index (χ1) is 12.4. The highest BCUT2D eigenvalue weighted by molar-refractivity contribution is 7.90. The lowest BCUT2D eigenvalue weighted by Crippen LogP contribution is -2.18. The van der Waals surface area contributed by atoms with Gasteiger partial charge in [-0.05, 0) is 36.4 Å².